The molecule has 1 aromatic carbocycles. The smallest absolute Gasteiger partial charge is 0.404 e. The summed E-state index contributed by atoms with van der Waals surface area (Å²) >= 11 is 0. The number of amides is 1. The van der Waals surface area contributed by atoms with Crippen molar-refractivity contribution in [1.29, 1.82) is 0 Å². The average molecular weight is 304 g/mol. The lowest BCUT2D eigenvalue weighted by atomic mass is 10.0. The summed E-state index contributed by atoms with van der Waals surface area (Å²) in [6.07, 6.45) is -4.06. The van der Waals surface area contributed by atoms with Crippen LogP contribution in [-0.4, -0.2) is 18.3 Å². The molecule has 0 saturated carbocycles. The Bertz CT molecular complexity index is 501. The molecule has 7 heteroatoms. The van der Waals surface area contributed by atoms with E-state index in [1.165, 1.54) is 12.1 Å². The second-order valence-corrected chi connectivity index (χ2v) is 5.03. The summed E-state index contributed by atoms with van der Waals surface area (Å²) in [7, 11) is 0. The largest absolute Gasteiger partial charge is 0.573 e. The molecule has 0 spiro atoms. The number of hydrogen-bond donors (Lipinski definition) is 2. The molecule has 0 aliphatic carbocycles. The summed E-state index contributed by atoms with van der Waals surface area (Å²) in [5.41, 5.74) is 5.44. The van der Waals surface area contributed by atoms with E-state index in [1.54, 1.807) is 0 Å². The predicted octanol–water partition coefficient (Wildman–Crippen LogP) is 3.33. The maximum atomic E-state index is 12.1. The number of nitrogens with two attached hydrogens (primary N) is 1. The first kappa shape index (κ1) is 17.1. The third-order valence-electron chi connectivity index (χ3n) is 3.06. The Labute approximate surface area is 121 Å². The monoisotopic (exact) mass is 304 g/mol. The van der Waals surface area contributed by atoms with Gasteiger partial charge in [-0.15, -0.1) is 13.2 Å². The SMILES string of the molecule is CCC(NC(=O)c1ccc(OC(F)(F)F)c(N)c1)C(C)C. The Kier molecular flexibility index (Phi) is 5.46. The van der Waals surface area contributed by atoms with Crippen LogP contribution in [0.2, 0.25) is 0 Å². The van der Waals surface area contributed by atoms with E-state index in [4.69, 9.17) is 5.73 Å². The van der Waals surface area contributed by atoms with E-state index in [2.05, 4.69) is 10.1 Å². The Hall–Kier alpha value is -1.92. The van der Waals surface area contributed by atoms with Crippen LogP contribution in [0, 0.1) is 5.92 Å². The zero-order valence-electron chi connectivity index (χ0n) is 12.1. The first-order valence-electron chi connectivity index (χ1n) is 6.60. The first-order valence-corrected chi connectivity index (χ1v) is 6.60. The van der Waals surface area contributed by atoms with Crippen LogP contribution >= 0.6 is 0 Å². The van der Waals surface area contributed by atoms with E-state index >= 15 is 0 Å². The van der Waals surface area contributed by atoms with E-state index in [0.29, 0.717) is 0 Å². The average Bonchev–Trinajstić information content (AvgIpc) is 2.36. The van der Waals surface area contributed by atoms with Crippen molar-refractivity contribution in [2.24, 2.45) is 5.92 Å². The van der Waals surface area contributed by atoms with Gasteiger partial charge in [-0.25, -0.2) is 0 Å². The number of rotatable bonds is 5. The molecule has 1 aromatic rings. The van der Waals surface area contributed by atoms with Crippen LogP contribution in [0.15, 0.2) is 18.2 Å². The summed E-state index contributed by atoms with van der Waals surface area (Å²) in [6, 6.07) is 3.45. The second-order valence-electron chi connectivity index (χ2n) is 5.03. The van der Waals surface area contributed by atoms with Gasteiger partial charge < -0.3 is 15.8 Å². The van der Waals surface area contributed by atoms with Crippen molar-refractivity contribution in [3.05, 3.63) is 23.8 Å². The maximum Gasteiger partial charge on any atom is 0.573 e. The van der Waals surface area contributed by atoms with Crippen LogP contribution < -0.4 is 15.8 Å². The molecule has 4 nitrogen and oxygen atoms in total. The summed E-state index contributed by atoms with van der Waals surface area (Å²) in [6.45, 7) is 5.89. The fraction of sp³-hybridized carbons (Fsp3) is 0.500. The van der Waals surface area contributed by atoms with Gasteiger partial charge in [0.2, 0.25) is 0 Å². The number of halogens is 3. The van der Waals surface area contributed by atoms with Gasteiger partial charge in [0.1, 0.15) is 0 Å². The van der Waals surface area contributed by atoms with Gasteiger partial charge in [-0.1, -0.05) is 20.8 Å². The normalized spacial score (nSPS) is 13.1. The number of alkyl halides is 3. The standard InChI is InChI=1S/C14H19F3N2O2/c1-4-11(8(2)3)19-13(20)9-5-6-12(10(18)7-9)21-14(15,16)17/h5-8,11H,4,18H2,1-3H3,(H,19,20). The van der Waals surface area contributed by atoms with Gasteiger partial charge in [-0.05, 0) is 30.5 Å². The molecule has 21 heavy (non-hydrogen) atoms. The fourth-order valence-electron chi connectivity index (χ4n) is 1.90. The lowest BCUT2D eigenvalue weighted by Gasteiger charge is -2.21. The highest BCUT2D eigenvalue weighted by Gasteiger charge is 2.32. The van der Waals surface area contributed by atoms with Crippen LogP contribution in [0.25, 0.3) is 0 Å². The topological polar surface area (TPSA) is 64.3 Å². The van der Waals surface area contributed by atoms with E-state index < -0.39 is 12.1 Å². The van der Waals surface area contributed by atoms with Crippen LogP contribution in [0.1, 0.15) is 37.6 Å². The van der Waals surface area contributed by atoms with Crippen molar-refractivity contribution in [2.75, 3.05) is 5.73 Å². The Morgan fingerprint density at radius 3 is 2.43 bits per heavy atom. The zero-order valence-corrected chi connectivity index (χ0v) is 12.1. The molecule has 0 aliphatic rings. The van der Waals surface area contributed by atoms with Crippen LogP contribution in [-0.2, 0) is 0 Å². The number of carbonyl (C=O) groups is 1. The molecule has 118 valence electrons. The summed E-state index contributed by atoms with van der Waals surface area (Å²) in [5, 5.41) is 2.82. The highest BCUT2D eigenvalue weighted by Crippen LogP contribution is 2.29. The van der Waals surface area contributed by atoms with E-state index in [0.717, 1.165) is 12.5 Å². The molecule has 1 rings (SSSR count). The van der Waals surface area contributed by atoms with Crippen LogP contribution in [0.4, 0.5) is 18.9 Å². The van der Waals surface area contributed by atoms with E-state index in [1.807, 2.05) is 20.8 Å². The summed E-state index contributed by atoms with van der Waals surface area (Å²) in [5.74, 6) is -0.639. The molecule has 0 bridgehead atoms. The minimum atomic E-state index is -4.82. The Morgan fingerprint density at radius 1 is 1.38 bits per heavy atom. The third-order valence-corrected chi connectivity index (χ3v) is 3.06. The van der Waals surface area contributed by atoms with Crippen LogP contribution in [0.3, 0.4) is 0 Å². The summed E-state index contributed by atoms with van der Waals surface area (Å²) in [4.78, 5) is 12.0. The van der Waals surface area contributed by atoms with E-state index in [-0.39, 0.29) is 29.1 Å². The van der Waals surface area contributed by atoms with Gasteiger partial charge >= 0.3 is 6.36 Å². The fourth-order valence-corrected chi connectivity index (χ4v) is 1.90. The molecule has 1 atom stereocenters. The van der Waals surface area contributed by atoms with Gasteiger partial charge in [0.15, 0.2) is 5.75 Å². The highest BCUT2D eigenvalue weighted by molar-refractivity contribution is 5.95. The van der Waals surface area contributed by atoms with Crippen molar-refractivity contribution in [3.8, 4) is 5.75 Å². The van der Waals surface area contributed by atoms with Gasteiger partial charge in [0.25, 0.3) is 5.91 Å². The number of hydrogen-bond acceptors (Lipinski definition) is 3. The van der Waals surface area contributed by atoms with Crippen LogP contribution in [0.5, 0.6) is 5.75 Å². The van der Waals surface area contributed by atoms with Crippen molar-refractivity contribution < 1.29 is 22.7 Å². The third kappa shape index (κ3) is 5.17. The lowest BCUT2D eigenvalue weighted by Crippen LogP contribution is -2.38. The molecule has 1 amide bonds. The molecular weight excluding hydrogens is 285 g/mol. The predicted molar refractivity (Wildman–Crippen MR) is 73.9 cm³/mol. The minimum absolute atomic E-state index is 0.00942. The summed E-state index contributed by atoms with van der Waals surface area (Å²) < 4.78 is 40.1. The van der Waals surface area contributed by atoms with Gasteiger partial charge in [-0.2, -0.15) is 0 Å². The highest BCUT2D eigenvalue weighted by atomic mass is 19.4. The van der Waals surface area contributed by atoms with Crippen molar-refractivity contribution in [3.63, 3.8) is 0 Å². The maximum absolute atomic E-state index is 12.1. The van der Waals surface area contributed by atoms with Crippen molar-refractivity contribution in [2.45, 2.75) is 39.6 Å². The molecule has 0 aliphatic heterocycles. The van der Waals surface area contributed by atoms with Gasteiger partial charge in [-0.3, -0.25) is 4.79 Å². The minimum Gasteiger partial charge on any atom is -0.404 e. The Balaban J connectivity index is 2.86. The molecule has 0 fully saturated rings. The molecule has 0 heterocycles. The number of nitrogen functional groups attached to an aromatic ring is 1. The molecule has 3 N–H and O–H groups in total. The van der Waals surface area contributed by atoms with Crippen molar-refractivity contribution >= 4 is 11.6 Å². The van der Waals surface area contributed by atoms with Crippen molar-refractivity contribution in [1.82, 2.24) is 5.32 Å². The first-order chi connectivity index (χ1) is 9.64. The zero-order chi connectivity index (χ0) is 16.2. The molecular formula is C14H19F3N2O2. The quantitative estimate of drug-likeness (QED) is 0.820. The van der Waals surface area contributed by atoms with Gasteiger partial charge in [0.05, 0.1) is 5.69 Å². The number of anilines is 1. The van der Waals surface area contributed by atoms with E-state index in [9.17, 15) is 18.0 Å². The second kappa shape index (κ2) is 6.69. The van der Waals surface area contributed by atoms with Gasteiger partial charge in [0, 0.05) is 11.6 Å². The number of nitrogens with one attached hydrogen (secondary N) is 1. The lowest BCUT2D eigenvalue weighted by molar-refractivity contribution is -0.274. The number of carbonyl (C=O) groups excluding carboxylic acids is 1. The number of ether oxygens (including phenoxy) is 1. The number of benzene rings is 1. The molecule has 0 aromatic heterocycles. The molecule has 1 unspecified atom stereocenters. The Morgan fingerprint density at radius 2 is 2.00 bits per heavy atom. The molecule has 0 radical (unpaired) electrons. The molecule has 0 saturated heterocycles.